The normalized spacial score (nSPS) is 36.9. The molecular weight excluding hydrogens is 228 g/mol. The van der Waals surface area contributed by atoms with Crippen LogP contribution in [0.2, 0.25) is 0 Å². The Labute approximate surface area is 90.4 Å². The molecule has 13 heavy (non-hydrogen) atoms. The summed E-state index contributed by atoms with van der Waals surface area (Å²) >= 11 is 3.52. The third-order valence-electron chi connectivity index (χ3n) is 3.31. The second-order valence-corrected chi connectivity index (χ2v) is 5.44. The van der Waals surface area contributed by atoms with Gasteiger partial charge in [0.15, 0.2) is 0 Å². The van der Waals surface area contributed by atoms with Crippen molar-refractivity contribution in [1.82, 2.24) is 0 Å². The lowest BCUT2D eigenvalue weighted by molar-refractivity contribution is -0.0419. The first-order valence-corrected chi connectivity index (χ1v) is 6.34. The molecule has 1 aliphatic heterocycles. The first-order chi connectivity index (χ1) is 5.98. The van der Waals surface area contributed by atoms with Crippen LogP contribution >= 0.6 is 15.9 Å². The van der Waals surface area contributed by atoms with Gasteiger partial charge in [0.2, 0.25) is 0 Å². The molecule has 0 aromatic carbocycles. The predicted octanol–water partition coefficient (Wildman–Crippen LogP) is 3.61. The van der Waals surface area contributed by atoms with E-state index >= 15 is 0 Å². The molecule has 0 amide bonds. The predicted molar refractivity (Wildman–Crippen MR) is 60.3 cm³/mol. The molecule has 0 bridgehead atoms. The van der Waals surface area contributed by atoms with Crippen molar-refractivity contribution in [3.8, 4) is 0 Å². The Hall–Kier alpha value is 0.440. The molecule has 3 atom stereocenters. The molecule has 0 aromatic rings. The van der Waals surface area contributed by atoms with E-state index in [0.717, 1.165) is 11.2 Å². The number of rotatable bonds is 3. The van der Waals surface area contributed by atoms with Crippen LogP contribution in [0, 0.1) is 11.8 Å². The van der Waals surface area contributed by atoms with E-state index in [2.05, 4.69) is 43.6 Å². The number of hydrogen-bond donors (Lipinski definition) is 0. The number of halogens is 1. The molecule has 78 valence electrons. The van der Waals surface area contributed by atoms with Gasteiger partial charge in [-0.05, 0) is 31.6 Å². The minimum Gasteiger partial charge on any atom is -0.371 e. The lowest BCUT2D eigenvalue weighted by Gasteiger charge is -2.27. The summed E-state index contributed by atoms with van der Waals surface area (Å²) in [6, 6.07) is 0. The molecule has 1 rings (SSSR count). The molecule has 0 aliphatic carbocycles. The van der Waals surface area contributed by atoms with E-state index in [1.165, 1.54) is 12.8 Å². The monoisotopic (exact) mass is 248 g/mol. The summed E-state index contributed by atoms with van der Waals surface area (Å²) in [5.41, 5.74) is 0.0911. The zero-order chi connectivity index (χ0) is 10.1. The van der Waals surface area contributed by atoms with E-state index < -0.39 is 0 Å². The highest BCUT2D eigenvalue weighted by Crippen LogP contribution is 2.36. The van der Waals surface area contributed by atoms with E-state index in [-0.39, 0.29) is 5.60 Å². The van der Waals surface area contributed by atoms with Crippen LogP contribution in [0.15, 0.2) is 0 Å². The van der Waals surface area contributed by atoms with Gasteiger partial charge in [-0.3, -0.25) is 0 Å². The Morgan fingerprint density at radius 2 is 2.08 bits per heavy atom. The van der Waals surface area contributed by atoms with Crippen LogP contribution in [-0.2, 0) is 4.74 Å². The summed E-state index contributed by atoms with van der Waals surface area (Å²) in [7, 11) is 0. The number of alkyl halides is 1. The van der Waals surface area contributed by atoms with Crippen molar-refractivity contribution >= 4 is 15.9 Å². The van der Waals surface area contributed by atoms with Crippen LogP contribution in [0.25, 0.3) is 0 Å². The summed E-state index contributed by atoms with van der Waals surface area (Å²) in [4.78, 5) is 0. The molecule has 2 heteroatoms. The van der Waals surface area contributed by atoms with Crippen LogP contribution in [0.5, 0.6) is 0 Å². The van der Waals surface area contributed by atoms with E-state index in [1.54, 1.807) is 0 Å². The molecule has 0 aromatic heterocycles. The molecule has 1 nitrogen and oxygen atoms in total. The minimum absolute atomic E-state index is 0.0911. The molecular formula is C11H21BrO. The van der Waals surface area contributed by atoms with Gasteiger partial charge in [0, 0.05) is 5.33 Å². The standard InChI is InChI=1S/C11H21BrO/c1-8(2)9(3)10-5-6-11(4,7-12)13-10/h8-10H,5-7H2,1-4H3. The van der Waals surface area contributed by atoms with Crippen LogP contribution in [0.1, 0.15) is 40.5 Å². The van der Waals surface area contributed by atoms with Crippen molar-refractivity contribution in [3.05, 3.63) is 0 Å². The fraction of sp³-hybridized carbons (Fsp3) is 1.00. The van der Waals surface area contributed by atoms with Crippen LogP contribution in [-0.4, -0.2) is 17.0 Å². The molecule has 1 heterocycles. The summed E-state index contributed by atoms with van der Waals surface area (Å²) in [6.07, 6.45) is 2.89. The molecule has 0 radical (unpaired) electrons. The maximum absolute atomic E-state index is 6.07. The molecule has 1 saturated heterocycles. The van der Waals surface area contributed by atoms with Crippen molar-refractivity contribution in [2.75, 3.05) is 5.33 Å². The Kier molecular flexibility index (Phi) is 3.82. The zero-order valence-corrected chi connectivity index (χ0v) is 10.7. The minimum atomic E-state index is 0.0911. The van der Waals surface area contributed by atoms with Gasteiger partial charge < -0.3 is 4.74 Å². The zero-order valence-electron chi connectivity index (χ0n) is 9.14. The van der Waals surface area contributed by atoms with Gasteiger partial charge in [-0.1, -0.05) is 36.7 Å². The van der Waals surface area contributed by atoms with E-state index in [4.69, 9.17) is 4.74 Å². The van der Waals surface area contributed by atoms with Gasteiger partial charge in [0.25, 0.3) is 0 Å². The first kappa shape index (κ1) is 11.5. The third-order valence-corrected chi connectivity index (χ3v) is 4.50. The van der Waals surface area contributed by atoms with Gasteiger partial charge >= 0.3 is 0 Å². The Balaban J connectivity index is 2.49. The quantitative estimate of drug-likeness (QED) is 0.694. The lowest BCUT2D eigenvalue weighted by Crippen LogP contribution is -2.30. The second kappa shape index (κ2) is 4.31. The van der Waals surface area contributed by atoms with Crippen LogP contribution < -0.4 is 0 Å². The molecule has 0 spiro atoms. The van der Waals surface area contributed by atoms with Crippen molar-refractivity contribution in [1.29, 1.82) is 0 Å². The van der Waals surface area contributed by atoms with Crippen molar-refractivity contribution < 1.29 is 4.74 Å². The van der Waals surface area contributed by atoms with Gasteiger partial charge in [-0.25, -0.2) is 0 Å². The third kappa shape index (κ3) is 2.69. The second-order valence-electron chi connectivity index (χ2n) is 4.88. The fourth-order valence-corrected chi connectivity index (χ4v) is 2.24. The van der Waals surface area contributed by atoms with E-state index in [1.807, 2.05) is 0 Å². The summed E-state index contributed by atoms with van der Waals surface area (Å²) < 4.78 is 6.07. The van der Waals surface area contributed by atoms with Crippen molar-refractivity contribution in [2.45, 2.75) is 52.2 Å². The van der Waals surface area contributed by atoms with Crippen LogP contribution in [0.3, 0.4) is 0 Å². The SMILES string of the molecule is CC(C)C(C)C1CCC(C)(CBr)O1. The highest BCUT2D eigenvalue weighted by Gasteiger charge is 2.37. The maximum Gasteiger partial charge on any atom is 0.0755 e. The maximum atomic E-state index is 6.07. The molecule has 1 fully saturated rings. The molecule has 0 N–H and O–H groups in total. The van der Waals surface area contributed by atoms with E-state index in [9.17, 15) is 0 Å². The smallest absolute Gasteiger partial charge is 0.0755 e. The van der Waals surface area contributed by atoms with Gasteiger partial charge in [0.1, 0.15) is 0 Å². The van der Waals surface area contributed by atoms with E-state index in [0.29, 0.717) is 12.0 Å². The van der Waals surface area contributed by atoms with Crippen molar-refractivity contribution in [2.24, 2.45) is 11.8 Å². The average Bonchev–Trinajstić information content (AvgIpc) is 2.47. The number of hydrogen-bond acceptors (Lipinski definition) is 1. The highest BCUT2D eigenvalue weighted by atomic mass is 79.9. The molecule has 3 unspecified atom stereocenters. The number of ether oxygens (including phenoxy) is 1. The van der Waals surface area contributed by atoms with Gasteiger partial charge in [-0.15, -0.1) is 0 Å². The highest BCUT2D eigenvalue weighted by molar-refractivity contribution is 9.09. The van der Waals surface area contributed by atoms with Crippen molar-refractivity contribution in [3.63, 3.8) is 0 Å². The molecule has 0 saturated carbocycles. The fourth-order valence-electron chi connectivity index (χ4n) is 1.83. The Morgan fingerprint density at radius 1 is 1.46 bits per heavy atom. The largest absolute Gasteiger partial charge is 0.371 e. The Morgan fingerprint density at radius 3 is 2.46 bits per heavy atom. The summed E-state index contributed by atoms with van der Waals surface area (Å²) in [6.45, 7) is 9.06. The topological polar surface area (TPSA) is 9.23 Å². The average molecular weight is 249 g/mol. The Bertz CT molecular complexity index is 169. The summed E-state index contributed by atoms with van der Waals surface area (Å²) in [5, 5.41) is 0.960. The lowest BCUT2D eigenvalue weighted by atomic mass is 9.90. The molecule has 1 aliphatic rings. The van der Waals surface area contributed by atoms with Crippen LogP contribution in [0.4, 0.5) is 0 Å². The summed E-state index contributed by atoms with van der Waals surface area (Å²) in [5.74, 6) is 1.41. The van der Waals surface area contributed by atoms with Gasteiger partial charge in [0.05, 0.1) is 11.7 Å². The van der Waals surface area contributed by atoms with Gasteiger partial charge in [-0.2, -0.15) is 0 Å². The first-order valence-electron chi connectivity index (χ1n) is 5.22.